The fraction of sp³-hybridized carbons (Fsp3) is 0.250. The first-order valence-corrected chi connectivity index (χ1v) is 6.65. The number of aromatic nitrogens is 3. The van der Waals surface area contributed by atoms with Gasteiger partial charge in [0, 0.05) is 25.9 Å². The van der Waals surface area contributed by atoms with E-state index in [-0.39, 0.29) is 0 Å². The van der Waals surface area contributed by atoms with Crippen molar-refractivity contribution in [1.82, 2.24) is 14.5 Å². The van der Waals surface area contributed by atoms with Crippen LogP contribution in [0.2, 0.25) is 0 Å². The zero-order valence-electron chi connectivity index (χ0n) is 11.6. The highest BCUT2D eigenvalue weighted by atomic mass is 16.3. The molecule has 0 aliphatic carbocycles. The summed E-state index contributed by atoms with van der Waals surface area (Å²) in [5, 5.41) is 10.4. The van der Waals surface area contributed by atoms with Crippen molar-refractivity contribution < 1.29 is 5.11 Å². The number of aliphatic hydroxyl groups excluding tert-OH is 1. The fourth-order valence-electron chi connectivity index (χ4n) is 2.43. The van der Waals surface area contributed by atoms with Gasteiger partial charge in [0.1, 0.15) is 5.82 Å². The normalized spacial score (nSPS) is 12.8. The second kappa shape index (κ2) is 5.06. The number of para-hydroxylation sites is 2. The Hall–Kier alpha value is -2.20. The third-order valence-corrected chi connectivity index (χ3v) is 3.54. The largest absolute Gasteiger partial charge is 0.388 e. The summed E-state index contributed by atoms with van der Waals surface area (Å²) < 4.78 is 2.03. The number of aliphatic hydroxyl groups is 1. The first-order valence-electron chi connectivity index (χ1n) is 6.65. The van der Waals surface area contributed by atoms with Gasteiger partial charge in [0.25, 0.3) is 0 Å². The molecule has 0 aliphatic heterocycles. The highest BCUT2D eigenvalue weighted by Crippen LogP contribution is 2.21. The molecule has 0 bridgehead atoms. The smallest absolute Gasteiger partial charge is 0.112 e. The maximum atomic E-state index is 10.4. The highest BCUT2D eigenvalue weighted by Gasteiger charge is 2.14. The van der Waals surface area contributed by atoms with Gasteiger partial charge < -0.3 is 9.67 Å². The van der Waals surface area contributed by atoms with E-state index in [2.05, 4.69) is 9.97 Å². The molecule has 3 aromatic rings. The highest BCUT2D eigenvalue weighted by molar-refractivity contribution is 5.75. The van der Waals surface area contributed by atoms with Gasteiger partial charge in [0.2, 0.25) is 0 Å². The molecule has 2 aromatic heterocycles. The van der Waals surface area contributed by atoms with Crippen LogP contribution in [-0.2, 0) is 13.5 Å². The molecule has 0 aliphatic rings. The van der Waals surface area contributed by atoms with E-state index < -0.39 is 6.10 Å². The molecule has 0 saturated heterocycles. The summed E-state index contributed by atoms with van der Waals surface area (Å²) >= 11 is 0. The number of imidazole rings is 1. The Morgan fingerprint density at radius 1 is 1.25 bits per heavy atom. The maximum absolute atomic E-state index is 10.4. The maximum Gasteiger partial charge on any atom is 0.112 e. The molecule has 1 aromatic carbocycles. The summed E-state index contributed by atoms with van der Waals surface area (Å²) in [4.78, 5) is 8.71. The standard InChI is InChI=1S/C16H17N3O/c1-11-7-12(10-17-9-11)15(20)8-16-18-13-5-3-4-6-14(13)19(16)2/h3-7,9-10,15,20H,8H2,1-2H3. The number of rotatable bonds is 3. The van der Waals surface area contributed by atoms with Gasteiger partial charge in [0.05, 0.1) is 17.1 Å². The van der Waals surface area contributed by atoms with Gasteiger partial charge >= 0.3 is 0 Å². The predicted octanol–water partition coefficient (Wildman–Crippen LogP) is 2.55. The van der Waals surface area contributed by atoms with Gasteiger partial charge in [0.15, 0.2) is 0 Å². The lowest BCUT2D eigenvalue weighted by molar-refractivity contribution is 0.174. The third-order valence-electron chi connectivity index (χ3n) is 3.54. The summed E-state index contributed by atoms with van der Waals surface area (Å²) in [5.74, 6) is 0.875. The molecule has 2 heterocycles. The number of benzene rings is 1. The van der Waals surface area contributed by atoms with Crippen molar-refractivity contribution in [3.05, 3.63) is 59.7 Å². The molecule has 4 nitrogen and oxygen atoms in total. The molecule has 3 rings (SSSR count). The van der Waals surface area contributed by atoms with E-state index in [9.17, 15) is 5.11 Å². The van der Waals surface area contributed by atoms with Crippen LogP contribution in [0.4, 0.5) is 0 Å². The zero-order valence-corrected chi connectivity index (χ0v) is 11.6. The summed E-state index contributed by atoms with van der Waals surface area (Å²) in [6, 6.07) is 9.95. The van der Waals surface area contributed by atoms with Gasteiger partial charge in [-0.2, -0.15) is 0 Å². The Labute approximate surface area is 117 Å². The van der Waals surface area contributed by atoms with E-state index in [1.807, 2.05) is 48.9 Å². The van der Waals surface area contributed by atoms with Crippen LogP contribution in [0, 0.1) is 6.92 Å². The molecule has 0 amide bonds. The number of pyridine rings is 1. The Morgan fingerprint density at radius 2 is 2.05 bits per heavy atom. The van der Waals surface area contributed by atoms with Crippen LogP contribution in [0.5, 0.6) is 0 Å². The van der Waals surface area contributed by atoms with Crippen LogP contribution in [0.1, 0.15) is 23.1 Å². The molecule has 102 valence electrons. The topological polar surface area (TPSA) is 50.9 Å². The van der Waals surface area contributed by atoms with E-state index in [0.29, 0.717) is 6.42 Å². The second-order valence-electron chi connectivity index (χ2n) is 5.09. The minimum absolute atomic E-state index is 0.482. The van der Waals surface area contributed by atoms with E-state index in [1.165, 1.54) is 0 Å². The van der Waals surface area contributed by atoms with Gasteiger partial charge in [-0.1, -0.05) is 18.2 Å². The van der Waals surface area contributed by atoms with Crippen molar-refractivity contribution in [2.75, 3.05) is 0 Å². The minimum Gasteiger partial charge on any atom is -0.388 e. The predicted molar refractivity (Wildman–Crippen MR) is 78.4 cm³/mol. The minimum atomic E-state index is -0.585. The van der Waals surface area contributed by atoms with Crippen molar-refractivity contribution >= 4 is 11.0 Å². The molecule has 4 heteroatoms. The van der Waals surface area contributed by atoms with Gasteiger partial charge in [-0.3, -0.25) is 4.98 Å². The van der Waals surface area contributed by atoms with Gasteiger partial charge in [-0.25, -0.2) is 4.98 Å². The molecule has 0 spiro atoms. The number of nitrogens with zero attached hydrogens (tertiary/aromatic N) is 3. The second-order valence-corrected chi connectivity index (χ2v) is 5.09. The van der Waals surface area contributed by atoms with Gasteiger partial charge in [-0.15, -0.1) is 0 Å². The zero-order chi connectivity index (χ0) is 14.1. The van der Waals surface area contributed by atoms with E-state index in [1.54, 1.807) is 12.4 Å². The van der Waals surface area contributed by atoms with E-state index >= 15 is 0 Å². The first kappa shape index (κ1) is 12.8. The summed E-state index contributed by atoms with van der Waals surface area (Å²) in [6.07, 6.45) is 3.39. The Balaban J connectivity index is 1.91. The molecule has 0 radical (unpaired) electrons. The Bertz CT molecular complexity index is 748. The summed E-state index contributed by atoms with van der Waals surface area (Å²) in [5.41, 5.74) is 3.92. The van der Waals surface area contributed by atoms with E-state index in [4.69, 9.17) is 0 Å². The third kappa shape index (κ3) is 2.30. The van der Waals surface area contributed by atoms with Crippen LogP contribution >= 0.6 is 0 Å². The van der Waals surface area contributed by atoms with E-state index in [0.717, 1.165) is 28.0 Å². The lowest BCUT2D eigenvalue weighted by Crippen LogP contribution is -2.07. The van der Waals surface area contributed by atoms with Gasteiger partial charge in [-0.05, 0) is 30.2 Å². The van der Waals surface area contributed by atoms with Crippen LogP contribution < -0.4 is 0 Å². The molecule has 0 saturated carbocycles. The average molecular weight is 267 g/mol. The average Bonchev–Trinajstić information content (AvgIpc) is 2.76. The summed E-state index contributed by atoms with van der Waals surface area (Å²) in [7, 11) is 1.98. The molecule has 1 N–H and O–H groups in total. The monoisotopic (exact) mass is 267 g/mol. The van der Waals surface area contributed by atoms with Crippen molar-refractivity contribution in [1.29, 1.82) is 0 Å². The fourth-order valence-corrected chi connectivity index (χ4v) is 2.43. The Kier molecular flexibility index (Phi) is 3.24. The number of aryl methyl sites for hydroxylation is 2. The number of hydrogen-bond acceptors (Lipinski definition) is 3. The first-order chi connectivity index (χ1) is 9.65. The van der Waals surface area contributed by atoms with Crippen molar-refractivity contribution in [2.45, 2.75) is 19.4 Å². The molecule has 1 unspecified atom stereocenters. The molecular formula is C16H17N3O. The molecular weight excluding hydrogens is 250 g/mol. The van der Waals surface area contributed by atoms with Crippen molar-refractivity contribution in [2.24, 2.45) is 7.05 Å². The number of fused-ring (bicyclic) bond motifs is 1. The lowest BCUT2D eigenvalue weighted by atomic mass is 10.1. The quantitative estimate of drug-likeness (QED) is 0.793. The van der Waals surface area contributed by atoms with Crippen LogP contribution in [0.3, 0.4) is 0 Å². The van der Waals surface area contributed by atoms with Crippen LogP contribution in [-0.4, -0.2) is 19.6 Å². The van der Waals surface area contributed by atoms with Crippen LogP contribution in [0.25, 0.3) is 11.0 Å². The van der Waals surface area contributed by atoms with Crippen molar-refractivity contribution in [3.63, 3.8) is 0 Å². The number of hydrogen-bond donors (Lipinski definition) is 1. The van der Waals surface area contributed by atoms with Crippen LogP contribution in [0.15, 0.2) is 42.7 Å². The molecule has 20 heavy (non-hydrogen) atoms. The SMILES string of the molecule is Cc1cncc(C(O)Cc2nc3ccccc3n2C)c1. The molecule has 1 atom stereocenters. The van der Waals surface area contributed by atoms with Crippen molar-refractivity contribution in [3.8, 4) is 0 Å². The lowest BCUT2D eigenvalue weighted by Gasteiger charge is -2.11. The Morgan fingerprint density at radius 3 is 2.80 bits per heavy atom. The molecule has 0 fully saturated rings. The summed E-state index contributed by atoms with van der Waals surface area (Å²) in [6.45, 7) is 1.97.